The number of carbonyl (C=O) groups is 1. The van der Waals surface area contributed by atoms with Gasteiger partial charge in [-0.15, -0.1) is 0 Å². The molecule has 3 heterocycles. The maximum Gasteiger partial charge on any atom is 0.416 e. The topological polar surface area (TPSA) is 100 Å². The molecule has 1 aromatic carbocycles. The Morgan fingerprint density at radius 1 is 1.14 bits per heavy atom. The molecule has 1 aliphatic heterocycles. The number of amides is 1. The molecule has 192 valence electrons. The van der Waals surface area contributed by atoms with Gasteiger partial charge in [0.05, 0.1) is 16.7 Å². The largest absolute Gasteiger partial charge is 0.416 e. The Labute approximate surface area is 212 Å². The van der Waals surface area contributed by atoms with Crippen LogP contribution in [0.15, 0.2) is 49.1 Å². The van der Waals surface area contributed by atoms with Crippen LogP contribution in [0.2, 0.25) is 0 Å². The monoisotopic (exact) mass is 509 g/mol. The van der Waals surface area contributed by atoms with Crippen molar-refractivity contribution in [3.63, 3.8) is 0 Å². The fourth-order valence-corrected chi connectivity index (χ4v) is 4.06. The minimum absolute atomic E-state index is 0.0455. The van der Waals surface area contributed by atoms with Crippen LogP contribution in [0.25, 0.3) is 0 Å². The van der Waals surface area contributed by atoms with Gasteiger partial charge in [0.1, 0.15) is 0 Å². The first-order valence-electron chi connectivity index (χ1n) is 11.5. The molecule has 8 nitrogen and oxygen atoms in total. The number of hydrogen-bond donors (Lipinski definition) is 2. The van der Waals surface area contributed by atoms with Gasteiger partial charge in [0, 0.05) is 61.7 Å². The number of pyridine rings is 1. The molecule has 1 aliphatic rings. The molecular weight excluding hydrogens is 483 g/mol. The molecule has 1 amide bonds. The van der Waals surface area contributed by atoms with Crippen molar-refractivity contribution in [2.24, 2.45) is 0 Å². The van der Waals surface area contributed by atoms with Crippen molar-refractivity contribution in [3.8, 4) is 11.8 Å². The highest BCUT2D eigenvalue weighted by Crippen LogP contribution is 2.35. The molecule has 0 spiro atoms. The van der Waals surface area contributed by atoms with E-state index in [1.54, 1.807) is 0 Å². The number of nitrogens with two attached hydrogens (primary N) is 1. The molecule has 1 saturated heterocycles. The van der Waals surface area contributed by atoms with Crippen molar-refractivity contribution in [3.05, 3.63) is 76.9 Å². The fraction of sp³-hybridized carbons (Fsp3) is 0.308. The first kappa shape index (κ1) is 26.1. The smallest absolute Gasteiger partial charge is 0.368 e. The lowest BCUT2D eigenvalue weighted by Crippen LogP contribution is -2.31. The molecule has 0 unspecified atom stereocenters. The van der Waals surface area contributed by atoms with Crippen LogP contribution in [-0.4, -0.2) is 63.9 Å². The van der Waals surface area contributed by atoms with E-state index in [1.807, 2.05) is 19.0 Å². The molecule has 0 bridgehead atoms. The lowest BCUT2D eigenvalue weighted by atomic mass is 10.0. The molecule has 1 atom stereocenters. The van der Waals surface area contributed by atoms with Crippen LogP contribution < -0.4 is 11.1 Å². The number of halogens is 3. The summed E-state index contributed by atoms with van der Waals surface area (Å²) in [5.74, 6) is 5.22. The summed E-state index contributed by atoms with van der Waals surface area (Å²) in [5.41, 5.74) is 6.03. The third-order valence-electron chi connectivity index (χ3n) is 6.07. The predicted molar refractivity (Wildman–Crippen MR) is 133 cm³/mol. The number of alkyl halides is 3. The Kier molecular flexibility index (Phi) is 7.71. The lowest BCUT2D eigenvalue weighted by Gasteiger charge is -2.22. The van der Waals surface area contributed by atoms with Crippen molar-refractivity contribution in [1.82, 2.24) is 24.8 Å². The molecule has 11 heteroatoms. The van der Waals surface area contributed by atoms with E-state index >= 15 is 0 Å². The molecule has 3 N–H and O–H groups in total. The molecule has 37 heavy (non-hydrogen) atoms. The van der Waals surface area contributed by atoms with Gasteiger partial charge in [0.2, 0.25) is 5.95 Å². The average Bonchev–Trinajstić information content (AvgIpc) is 3.33. The Bertz CT molecular complexity index is 1330. The van der Waals surface area contributed by atoms with Gasteiger partial charge in [-0.3, -0.25) is 14.7 Å². The van der Waals surface area contributed by atoms with Crippen molar-refractivity contribution < 1.29 is 18.0 Å². The quantitative estimate of drug-likeness (QED) is 0.510. The number of rotatable bonds is 5. The van der Waals surface area contributed by atoms with Crippen molar-refractivity contribution in [1.29, 1.82) is 0 Å². The van der Waals surface area contributed by atoms with Gasteiger partial charge in [-0.1, -0.05) is 17.9 Å². The van der Waals surface area contributed by atoms with E-state index in [0.717, 1.165) is 19.0 Å². The van der Waals surface area contributed by atoms with Crippen LogP contribution in [0.5, 0.6) is 0 Å². The van der Waals surface area contributed by atoms with Gasteiger partial charge in [0.25, 0.3) is 5.91 Å². The van der Waals surface area contributed by atoms with Crippen LogP contribution in [0.1, 0.15) is 39.0 Å². The molecule has 0 radical (unpaired) electrons. The maximum absolute atomic E-state index is 13.9. The van der Waals surface area contributed by atoms with Crippen LogP contribution in [0.3, 0.4) is 0 Å². The summed E-state index contributed by atoms with van der Waals surface area (Å²) >= 11 is 0. The zero-order valence-electron chi connectivity index (χ0n) is 20.4. The minimum atomic E-state index is -4.56. The van der Waals surface area contributed by atoms with Crippen LogP contribution in [0.4, 0.5) is 24.8 Å². The van der Waals surface area contributed by atoms with Crippen LogP contribution in [0, 0.1) is 11.8 Å². The summed E-state index contributed by atoms with van der Waals surface area (Å²) in [6.45, 7) is 1.63. The lowest BCUT2D eigenvalue weighted by molar-refractivity contribution is -0.138. The van der Waals surface area contributed by atoms with Gasteiger partial charge in [-0.25, -0.2) is 9.97 Å². The first-order valence-corrected chi connectivity index (χ1v) is 11.5. The first-order chi connectivity index (χ1) is 17.6. The molecule has 0 saturated carbocycles. The standard InChI is InChI=1S/C26H26F3N7O/c1-35(2)22-7-8-36(16-22)15-19-5-6-21(10-23(19)26(27,28)29)34-24(37)20-9-17(11-31-14-20)3-4-18-12-32-25(30)33-13-18/h5-6,9-14,22H,7-8,15-16H2,1-2H3,(H,34,37)(H2,30,32,33)/t22-/m0/s1. The van der Waals surface area contributed by atoms with E-state index in [1.165, 1.54) is 43.0 Å². The number of benzene rings is 1. The third kappa shape index (κ3) is 6.81. The van der Waals surface area contributed by atoms with Gasteiger partial charge < -0.3 is 16.0 Å². The molecule has 0 aliphatic carbocycles. The van der Waals surface area contributed by atoms with Gasteiger partial charge in [0.15, 0.2) is 0 Å². The number of nitrogens with zero attached hydrogens (tertiary/aromatic N) is 5. The predicted octanol–water partition coefficient (Wildman–Crippen LogP) is 3.26. The number of likely N-dealkylation sites (N-methyl/N-ethyl adjacent to an activating group) is 1. The Morgan fingerprint density at radius 3 is 2.54 bits per heavy atom. The summed E-state index contributed by atoms with van der Waals surface area (Å²) in [7, 11) is 3.94. The third-order valence-corrected chi connectivity index (χ3v) is 6.07. The second-order valence-electron chi connectivity index (χ2n) is 9.01. The number of anilines is 2. The zero-order valence-corrected chi connectivity index (χ0v) is 20.4. The van der Waals surface area contributed by atoms with E-state index in [-0.39, 0.29) is 29.3 Å². The number of hydrogen-bond acceptors (Lipinski definition) is 7. The Balaban J connectivity index is 1.49. The summed E-state index contributed by atoms with van der Waals surface area (Å²) in [6, 6.07) is 5.71. The summed E-state index contributed by atoms with van der Waals surface area (Å²) in [4.78, 5) is 28.6. The number of aromatic nitrogens is 3. The molecule has 3 aromatic rings. The summed E-state index contributed by atoms with van der Waals surface area (Å²) in [5, 5.41) is 2.54. The van der Waals surface area contributed by atoms with Crippen molar-refractivity contribution >= 4 is 17.5 Å². The maximum atomic E-state index is 13.9. The van der Waals surface area contributed by atoms with E-state index in [2.05, 4.69) is 37.0 Å². The normalized spacial score (nSPS) is 15.9. The average molecular weight is 510 g/mol. The van der Waals surface area contributed by atoms with E-state index in [9.17, 15) is 18.0 Å². The zero-order chi connectivity index (χ0) is 26.6. The summed E-state index contributed by atoms with van der Waals surface area (Å²) in [6.07, 6.45) is 2.07. The second-order valence-corrected chi connectivity index (χ2v) is 9.01. The van der Waals surface area contributed by atoms with E-state index in [0.29, 0.717) is 23.7 Å². The molecular formula is C26H26F3N7O. The van der Waals surface area contributed by atoms with E-state index in [4.69, 9.17) is 5.73 Å². The van der Waals surface area contributed by atoms with E-state index < -0.39 is 17.6 Å². The van der Waals surface area contributed by atoms with Crippen molar-refractivity contribution in [2.75, 3.05) is 38.2 Å². The van der Waals surface area contributed by atoms with Gasteiger partial charge in [-0.05, 0) is 44.3 Å². The number of nitrogen functional groups attached to an aromatic ring is 1. The fourth-order valence-electron chi connectivity index (χ4n) is 4.06. The van der Waals surface area contributed by atoms with Crippen LogP contribution >= 0.6 is 0 Å². The minimum Gasteiger partial charge on any atom is -0.368 e. The Morgan fingerprint density at radius 2 is 1.86 bits per heavy atom. The second kappa shape index (κ2) is 10.9. The highest BCUT2D eigenvalue weighted by molar-refractivity contribution is 6.04. The SMILES string of the molecule is CN(C)[C@H]1CCN(Cc2ccc(NC(=O)c3cncc(C#Cc4cnc(N)nc4)c3)cc2C(F)(F)F)C1. The van der Waals surface area contributed by atoms with Crippen LogP contribution in [-0.2, 0) is 12.7 Å². The number of nitrogens with one attached hydrogen (secondary N) is 1. The Hall–Kier alpha value is -4.01. The molecule has 4 rings (SSSR count). The summed E-state index contributed by atoms with van der Waals surface area (Å²) < 4.78 is 41.7. The highest BCUT2D eigenvalue weighted by Gasteiger charge is 2.35. The van der Waals surface area contributed by atoms with Gasteiger partial charge >= 0.3 is 6.18 Å². The molecule has 2 aromatic heterocycles. The molecule has 1 fully saturated rings. The number of carbonyl (C=O) groups excluding carboxylic acids is 1. The highest BCUT2D eigenvalue weighted by atomic mass is 19.4. The number of likely N-dealkylation sites (tertiary alicyclic amines) is 1. The van der Waals surface area contributed by atoms with Gasteiger partial charge in [-0.2, -0.15) is 13.2 Å². The van der Waals surface area contributed by atoms with Crippen molar-refractivity contribution in [2.45, 2.75) is 25.2 Å².